The van der Waals surface area contributed by atoms with E-state index in [1.807, 2.05) is 43.3 Å². The molecule has 0 saturated carbocycles. The fourth-order valence-electron chi connectivity index (χ4n) is 2.64. The normalized spacial score (nSPS) is 17.1. The Morgan fingerprint density at radius 3 is 2.76 bits per heavy atom. The number of rotatable bonds is 3. The molecule has 1 heterocycles. The van der Waals surface area contributed by atoms with Crippen molar-refractivity contribution in [1.29, 1.82) is 0 Å². The number of fused-ring (bicyclic) bond motifs is 1. The highest BCUT2D eigenvalue weighted by Gasteiger charge is 2.20. The van der Waals surface area contributed by atoms with Gasteiger partial charge in [-0.2, -0.15) is 0 Å². The van der Waals surface area contributed by atoms with Crippen LogP contribution in [0.25, 0.3) is 0 Å². The van der Waals surface area contributed by atoms with E-state index in [-0.39, 0.29) is 12.0 Å². The molecule has 1 N–H and O–H groups in total. The first-order valence-electron chi connectivity index (χ1n) is 7.28. The van der Waals surface area contributed by atoms with Gasteiger partial charge in [-0.15, -0.1) is 0 Å². The van der Waals surface area contributed by atoms with Gasteiger partial charge in [-0.3, -0.25) is 4.79 Å². The Morgan fingerprint density at radius 1 is 1.19 bits per heavy atom. The highest BCUT2D eigenvalue weighted by molar-refractivity contribution is 5.94. The minimum Gasteiger partial charge on any atom is -0.371 e. The second-order valence-corrected chi connectivity index (χ2v) is 5.38. The monoisotopic (exact) mass is 281 g/mol. The summed E-state index contributed by atoms with van der Waals surface area (Å²) in [5, 5.41) is 2.97. The third-order valence-electron chi connectivity index (χ3n) is 3.85. The van der Waals surface area contributed by atoms with Gasteiger partial charge in [0.2, 0.25) is 0 Å². The van der Waals surface area contributed by atoms with Crippen LogP contribution in [0.2, 0.25) is 0 Å². The van der Waals surface area contributed by atoms with E-state index in [0.717, 1.165) is 12.0 Å². The minimum absolute atomic E-state index is 0.0515. The van der Waals surface area contributed by atoms with Crippen molar-refractivity contribution in [1.82, 2.24) is 5.32 Å². The first-order valence-corrected chi connectivity index (χ1v) is 7.28. The Morgan fingerprint density at radius 2 is 1.95 bits per heavy atom. The number of nitrogens with one attached hydrogen (secondary N) is 1. The van der Waals surface area contributed by atoms with Crippen LogP contribution in [0.5, 0.6) is 0 Å². The van der Waals surface area contributed by atoms with Gasteiger partial charge in [-0.1, -0.05) is 42.0 Å². The number of amides is 1. The molecule has 1 atom stereocenters. The van der Waals surface area contributed by atoms with Gasteiger partial charge >= 0.3 is 0 Å². The third-order valence-corrected chi connectivity index (χ3v) is 3.85. The highest BCUT2D eigenvalue weighted by Crippen LogP contribution is 2.26. The van der Waals surface area contributed by atoms with E-state index in [4.69, 9.17) is 4.74 Å². The molecule has 2 aromatic carbocycles. The highest BCUT2D eigenvalue weighted by atomic mass is 16.5. The van der Waals surface area contributed by atoms with Crippen molar-refractivity contribution >= 4 is 5.91 Å². The first-order chi connectivity index (χ1) is 10.2. The fraction of sp³-hybridized carbons (Fsp3) is 0.278. The van der Waals surface area contributed by atoms with Gasteiger partial charge in [0, 0.05) is 12.1 Å². The third kappa shape index (κ3) is 3.14. The Kier molecular flexibility index (Phi) is 4.02. The lowest BCUT2D eigenvalue weighted by Crippen LogP contribution is -2.31. The largest absolute Gasteiger partial charge is 0.371 e. The summed E-state index contributed by atoms with van der Waals surface area (Å²) in [6.07, 6.45) is 0.892. The molecule has 0 aliphatic carbocycles. The van der Waals surface area contributed by atoms with E-state index < -0.39 is 0 Å². The van der Waals surface area contributed by atoms with Gasteiger partial charge in [-0.25, -0.2) is 0 Å². The zero-order valence-electron chi connectivity index (χ0n) is 12.1. The molecule has 0 spiro atoms. The summed E-state index contributed by atoms with van der Waals surface area (Å²) in [5.74, 6) is -0.0540. The zero-order chi connectivity index (χ0) is 14.7. The van der Waals surface area contributed by atoms with Crippen molar-refractivity contribution in [3.8, 4) is 0 Å². The van der Waals surface area contributed by atoms with Crippen LogP contribution < -0.4 is 5.32 Å². The molecule has 0 bridgehead atoms. The van der Waals surface area contributed by atoms with E-state index >= 15 is 0 Å². The Balaban J connectivity index is 1.66. The summed E-state index contributed by atoms with van der Waals surface area (Å²) in [5.41, 5.74) is 4.34. The van der Waals surface area contributed by atoms with Crippen molar-refractivity contribution in [3.05, 3.63) is 70.8 Å². The average molecular weight is 281 g/mol. The minimum atomic E-state index is -0.0540. The number of hydrogen-bond acceptors (Lipinski definition) is 2. The van der Waals surface area contributed by atoms with Crippen LogP contribution in [-0.2, 0) is 11.2 Å². The Labute approximate surface area is 124 Å². The van der Waals surface area contributed by atoms with Crippen molar-refractivity contribution in [2.24, 2.45) is 0 Å². The van der Waals surface area contributed by atoms with E-state index in [9.17, 15) is 4.79 Å². The maximum Gasteiger partial charge on any atom is 0.251 e. The Hall–Kier alpha value is -2.13. The molecule has 0 aromatic heterocycles. The van der Waals surface area contributed by atoms with E-state index in [2.05, 4.69) is 17.4 Å². The number of carbonyl (C=O) groups is 1. The smallest absolute Gasteiger partial charge is 0.251 e. The fourth-order valence-corrected chi connectivity index (χ4v) is 2.64. The molecule has 0 radical (unpaired) electrons. The lowest BCUT2D eigenvalue weighted by Gasteiger charge is -2.26. The van der Waals surface area contributed by atoms with Crippen LogP contribution in [0, 0.1) is 6.92 Å². The van der Waals surface area contributed by atoms with Gasteiger partial charge in [0.15, 0.2) is 0 Å². The molecular formula is C18H19NO2. The maximum absolute atomic E-state index is 12.1. The molecule has 0 saturated heterocycles. The number of aryl methyl sites for hydroxylation is 1. The summed E-state index contributed by atoms with van der Waals surface area (Å²) < 4.78 is 5.80. The van der Waals surface area contributed by atoms with Crippen molar-refractivity contribution in [2.75, 3.05) is 13.2 Å². The van der Waals surface area contributed by atoms with Gasteiger partial charge in [-0.05, 0) is 36.6 Å². The molecule has 0 fully saturated rings. The number of benzene rings is 2. The molecule has 3 rings (SSSR count). The predicted octanol–water partition coefficient (Wildman–Crippen LogP) is 3.04. The molecule has 1 amide bonds. The van der Waals surface area contributed by atoms with Crippen LogP contribution in [0.1, 0.15) is 33.2 Å². The van der Waals surface area contributed by atoms with Gasteiger partial charge in [0.25, 0.3) is 5.91 Å². The van der Waals surface area contributed by atoms with Crippen LogP contribution in [0.4, 0.5) is 0 Å². The molecule has 2 aromatic rings. The van der Waals surface area contributed by atoms with E-state index in [1.54, 1.807) is 0 Å². The van der Waals surface area contributed by atoms with Crippen molar-refractivity contribution in [2.45, 2.75) is 19.4 Å². The van der Waals surface area contributed by atoms with Gasteiger partial charge in [0.1, 0.15) is 6.10 Å². The number of carbonyl (C=O) groups excluding carboxylic acids is 1. The lowest BCUT2D eigenvalue weighted by molar-refractivity contribution is 0.0411. The van der Waals surface area contributed by atoms with Crippen LogP contribution in [0.3, 0.4) is 0 Å². The maximum atomic E-state index is 12.1. The molecule has 21 heavy (non-hydrogen) atoms. The van der Waals surface area contributed by atoms with Crippen molar-refractivity contribution in [3.63, 3.8) is 0 Å². The standard InChI is InChI=1S/C18H19NO2/c1-13-6-8-15(9-7-13)18(20)19-12-17-16-5-3-2-4-14(16)10-11-21-17/h2-9,17H,10-12H2,1H3,(H,19,20)/t17-/m0/s1. The quantitative estimate of drug-likeness (QED) is 0.939. The first kappa shape index (κ1) is 13.8. The molecule has 108 valence electrons. The predicted molar refractivity (Wildman–Crippen MR) is 82.4 cm³/mol. The zero-order valence-corrected chi connectivity index (χ0v) is 12.1. The molecule has 0 unspecified atom stereocenters. The van der Waals surface area contributed by atoms with Gasteiger partial charge < -0.3 is 10.1 Å². The SMILES string of the molecule is Cc1ccc(C(=O)NC[C@@H]2OCCc3ccccc32)cc1. The lowest BCUT2D eigenvalue weighted by atomic mass is 9.97. The summed E-state index contributed by atoms with van der Waals surface area (Å²) >= 11 is 0. The summed E-state index contributed by atoms with van der Waals surface area (Å²) in [6.45, 7) is 3.22. The van der Waals surface area contributed by atoms with E-state index in [1.165, 1.54) is 11.1 Å². The molecule has 1 aliphatic heterocycles. The summed E-state index contributed by atoms with van der Waals surface area (Å²) in [4.78, 5) is 12.1. The number of ether oxygens (including phenoxy) is 1. The molecule has 3 heteroatoms. The summed E-state index contributed by atoms with van der Waals surface area (Å²) in [7, 11) is 0. The van der Waals surface area contributed by atoms with E-state index in [0.29, 0.717) is 18.7 Å². The Bertz CT molecular complexity index is 634. The van der Waals surface area contributed by atoms with Crippen LogP contribution in [-0.4, -0.2) is 19.1 Å². The van der Waals surface area contributed by atoms with Crippen LogP contribution in [0.15, 0.2) is 48.5 Å². The van der Waals surface area contributed by atoms with Crippen LogP contribution >= 0.6 is 0 Å². The van der Waals surface area contributed by atoms with Crippen molar-refractivity contribution < 1.29 is 9.53 Å². The average Bonchev–Trinajstić information content (AvgIpc) is 2.53. The number of hydrogen-bond donors (Lipinski definition) is 1. The topological polar surface area (TPSA) is 38.3 Å². The van der Waals surface area contributed by atoms with Gasteiger partial charge in [0.05, 0.1) is 6.61 Å². The second-order valence-electron chi connectivity index (χ2n) is 5.38. The summed E-state index contributed by atoms with van der Waals surface area (Å²) in [6, 6.07) is 15.9. The molecule has 1 aliphatic rings. The second kappa shape index (κ2) is 6.10. The molecule has 3 nitrogen and oxygen atoms in total. The molecular weight excluding hydrogens is 262 g/mol.